The van der Waals surface area contributed by atoms with Crippen molar-refractivity contribution in [3.63, 3.8) is 0 Å². The maximum atomic E-state index is 13.2. The molecule has 0 saturated carbocycles. The highest BCUT2D eigenvalue weighted by Gasteiger charge is 2.16. The van der Waals surface area contributed by atoms with Crippen molar-refractivity contribution in [1.29, 1.82) is 0 Å². The van der Waals surface area contributed by atoms with Crippen molar-refractivity contribution in [2.75, 3.05) is 11.9 Å². The lowest BCUT2D eigenvalue weighted by molar-refractivity contribution is 0.137. The third-order valence-electron chi connectivity index (χ3n) is 3.64. The molecule has 0 radical (unpaired) electrons. The Labute approximate surface area is 138 Å². The lowest BCUT2D eigenvalue weighted by Gasteiger charge is -2.05. The molecule has 0 fully saturated rings. The van der Waals surface area contributed by atoms with E-state index in [-0.39, 0.29) is 11.5 Å². The third-order valence-corrected chi connectivity index (χ3v) is 3.64. The van der Waals surface area contributed by atoms with E-state index < -0.39 is 12.2 Å². The van der Waals surface area contributed by atoms with E-state index in [9.17, 15) is 13.2 Å². The van der Waals surface area contributed by atoms with Crippen LogP contribution in [-0.4, -0.2) is 36.3 Å². The van der Waals surface area contributed by atoms with E-state index in [1.807, 2.05) is 0 Å². The van der Waals surface area contributed by atoms with E-state index in [1.54, 1.807) is 18.2 Å². The Morgan fingerprint density at radius 2 is 2.04 bits per heavy atom. The van der Waals surface area contributed by atoms with Gasteiger partial charge in [-0.25, -0.2) is 18.2 Å². The number of hydrogen-bond acceptors (Lipinski definition) is 5. The zero-order valence-corrected chi connectivity index (χ0v) is 12.7. The number of rotatable bonds is 5. The van der Waals surface area contributed by atoms with E-state index in [0.717, 1.165) is 4.52 Å². The minimum Gasteiger partial charge on any atom is -0.368 e. The number of benzene rings is 1. The van der Waals surface area contributed by atoms with Gasteiger partial charge in [0, 0.05) is 13.0 Å². The quantitative estimate of drug-likeness (QED) is 0.580. The fourth-order valence-electron chi connectivity index (χ4n) is 2.50. The Morgan fingerprint density at radius 3 is 2.88 bits per heavy atom. The molecule has 0 unspecified atom stereocenters. The van der Waals surface area contributed by atoms with Crippen LogP contribution in [0.1, 0.15) is 18.1 Å². The smallest absolute Gasteiger partial charge is 0.299 e. The molecule has 0 aliphatic carbocycles. The molecule has 3 aromatic heterocycles. The number of aromatic nitrogens is 6. The number of imidazole rings is 1. The second-order valence-corrected chi connectivity index (χ2v) is 5.37. The maximum absolute atomic E-state index is 13.2. The van der Waals surface area contributed by atoms with Crippen LogP contribution < -0.4 is 5.32 Å². The molecule has 0 bridgehead atoms. The molecule has 128 valence electrons. The first-order valence-electron chi connectivity index (χ1n) is 7.49. The Morgan fingerprint density at radius 1 is 1.16 bits per heavy atom. The van der Waals surface area contributed by atoms with Crippen LogP contribution in [-0.2, 0) is 6.42 Å². The van der Waals surface area contributed by atoms with Crippen molar-refractivity contribution in [2.45, 2.75) is 12.8 Å². The summed E-state index contributed by atoms with van der Waals surface area (Å²) in [6.07, 6.45) is -2.23. The summed E-state index contributed by atoms with van der Waals surface area (Å²) in [6.45, 7) is 0.465. The van der Waals surface area contributed by atoms with Crippen molar-refractivity contribution in [3.8, 4) is 0 Å². The highest BCUT2D eigenvalue weighted by Crippen LogP contribution is 2.17. The number of aromatic amines is 1. The zero-order chi connectivity index (χ0) is 17.4. The zero-order valence-electron chi connectivity index (χ0n) is 12.7. The average Bonchev–Trinajstić information content (AvgIpc) is 3.17. The van der Waals surface area contributed by atoms with Crippen LogP contribution >= 0.6 is 0 Å². The number of anilines is 1. The van der Waals surface area contributed by atoms with E-state index in [0.29, 0.717) is 35.6 Å². The number of halogens is 3. The first-order valence-corrected chi connectivity index (χ1v) is 7.49. The highest BCUT2D eigenvalue weighted by atomic mass is 19.3. The first kappa shape index (κ1) is 15.4. The van der Waals surface area contributed by atoms with E-state index >= 15 is 0 Å². The Bertz CT molecular complexity index is 1040. The number of H-pyrrole nitrogens is 1. The van der Waals surface area contributed by atoms with Gasteiger partial charge in [-0.05, 0) is 30.3 Å². The van der Waals surface area contributed by atoms with Gasteiger partial charge in [-0.3, -0.25) is 0 Å². The van der Waals surface area contributed by atoms with Gasteiger partial charge in [0.1, 0.15) is 17.5 Å². The Kier molecular flexibility index (Phi) is 3.71. The molecule has 0 spiro atoms. The number of fused-ring (bicyclic) bond motifs is 2. The molecule has 2 N–H and O–H groups in total. The largest absolute Gasteiger partial charge is 0.368 e. The molecule has 0 aliphatic heterocycles. The molecule has 3 heterocycles. The summed E-state index contributed by atoms with van der Waals surface area (Å²) in [4.78, 5) is 7.39. The molecular weight excluding hydrogens is 335 g/mol. The lowest BCUT2D eigenvalue weighted by atomic mass is 10.3. The van der Waals surface area contributed by atoms with Gasteiger partial charge in [0.2, 0.25) is 5.82 Å². The monoisotopic (exact) mass is 347 g/mol. The van der Waals surface area contributed by atoms with Crippen molar-refractivity contribution in [1.82, 2.24) is 29.8 Å². The van der Waals surface area contributed by atoms with E-state index in [4.69, 9.17) is 0 Å². The van der Waals surface area contributed by atoms with Crippen molar-refractivity contribution >= 4 is 22.5 Å². The van der Waals surface area contributed by atoms with Gasteiger partial charge < -0.3 is 10.3 Å². The van der Waals surface area contributed by atoms with Crippen LogP contribution in [0.4, 0.5) is 19.0 Å². The van der Waals surface area contributed by atoms with E-state index in [2.05, 4.69) is 30.6 Å². The SMILES string of the molecule is Fc1ccc2nc(CCNc3ccc4nnc(C(F)F)n4n3)[nH]c2c1. The molecular formula is C15H12F3N7. The van der Waals surface area contributed by atoms with Gasteiger partial charge in [-0.1, -0.05) is 0 Å². The minimum absolute atomic E-state index is 0.250. The lowest BCUT2D eigenvalue weighted by Crippen LogP contribution is -2.09. The summed E-state index contributed by atoms with van der Waals surface area (Å²) in [5.41, 5.74) is 1.56. The standard InChI is InChI=1S/C15H12F3N7/c16-8-1-2-9-10(7-8)21-12(20-9)5-6-19-11-3-4-13-22-23-15(14(17)18)25(13)24-11/h1-4,7,14H,5-6H2,(H,19,24)(H,20,21). The molecule has 0 saturated heterocycles. The number of alkyl halides is 2. The van der Waals surface area contributed by atoms with Gasteiger partial charge in [-0.2, -0.15) is 4.52 Å². The van der Waals surface area contributed by atoms with Crippen LogP contribution in [0.2, 0.25) is 0 Å². The van der Waals surface area contributed by atoms with Crippen LogP contribution in [0.5, 0.6) is 0 Å². The molecule has 1 aromatic carbocycles. The summed E-state index contributed by atoms with van der Waals surface area (Å²) in [5, 5.41) is 14.2. The van der Waals surface area contributed by atoms with Crippen LogP contribution in [0.25, 0.3) is 16.7 Å². The topological polar surface area (TPSA) is 83.8 Å². The molecule has 0 atom stereocenters. The summed E-state index contributed by atoms with van der Waals surface area (Å²) >= 11 is 0. The van der Waals surface area contributed by atoms with Crippen molar-refractivity contribution < 1.29 is 13.2 Å². The van der Waals surface area contributed by atoms with Gasteiger partial charge in [0.25, 0.3) is 6.43 Å². The van der Waals surface area contributed by atoms with Crippen LogP contribution in [0, 0.1) is 5.82 Å². The molecule has 0 amide bonds. The Balaban J connectivity index is 1.47. The third kappa shape index (κ3) is 2.97. The number of hydrogen-bond donors (Lipinski definition) is 2. The van der Waals surface area contributed by atoms with Gasteiger partial charge in [0.05, 0.1) is 11.0 Å². The van der Waals surface area contributed by atoms with Crippen molar-refractivity contribution in [3.05, 3.63) is 47.8 Å². The summed E-state index contributed by atoms with van der Waals surface area (Å²) in [6, 6.07) is 7.52. The summed E-state index contributed by atoms with van der Waals surface area (Å²) in [7, 11) is 0. The van der Waals surface area contributed by atoms with Crippen molar-refractivity contribution in [2.24, 2.45) is 0 Å². The average molecular weight is 347 g/mol. The molecule has 4 rings (SSSR count). The minimum atomic E-state index is -2.76. The second kappa shape index (κ2) is 6.04. The molecule has 4 aromatic rings. The predicted molar refractivity (Wildman–Crippen MR) is 84.0 cm³/mol. The van der Waals surface area contributed by atoms with Gasteiger partial charge in [0.15, 0.2) is 5.65 Å². The Hall–Kier alpha value is -3.17. The fraction of sp³-hybridized carbons (Fsp3) is 0.200. The second-order valence-electron chi connectivity index (χ2n) is 5.37. The normalized spacial score (nSPS) is 11.7. The molecule has 25 heavy (non-hydrogen) atoms. The number of nitrogens with zero attached hydrogens (tertiary/aromatic N) is 5. The van der Waals surface area contributed by atoms with Gasteiger partial charge in [-0.15, -0.1) is 15.3 Å². The predicted octanol–water partition coefficient (Wildman–Crippen LogP) is 2.73. The van der Waals surface area contributed by atoms with Crippen LogP contribution in [0.15, 0.2) is 30.3 Å². The van der Waals surface area contributed by atoms with Crippen LogP contribution in [0.3, 0.4) is 0 Å². The highest BCUT2D eigenvalue weighted by molar-refractivity contribution is 5.74. The number of nitrogens with one attached hydrogen (secondary N) is 2. The molecule has 7 nitrogen and oxygen atoms in total. The molecule has 10 heteroatoms. The first-order chi connectivity index (χ1) is 12.1. The maximum Gasteiger partial charge on any atom is 0.299 e. The van der Waals surface area contributed by atoms with E-state index in [1.165, 1.54) is 12.1 Å². The van der Waals surface area contributed by atoms with Gasteiger partial charge >= 0.3 is 0 Å². The summed E-state index contributed by atoms with van der Waals surface area (Å²) < 4.78 is 39.9. The summed E-state index contributed by atoms with van der Waals surface area (Å²) in [5.74, 6) is 0.267. The molecule has 0 aliphatic rings. The fourth-order valence-corrected chi connectivity index (χ4v) is 2.50.